The number of nitrogens with one attached hydrogen (secondary N) is 2. The molecule has 1 amide bonds. The number of rotatable bonds is 5. The number of amides is 1. The van der Waals surface area contributed by atoms with E-state index in [1.807, 2.05) is 32.9 Å². The van der Waals surface area contributed by atoms with Crippen molar-refractivity contribution in [2.75, 3.05) is 5.32 Å². The molecular formula is C22H23ClN6O4. The van der Waals surface area contributed by atoms with Crippen molar-refractivity contribution in [2.45, 2.75) is 45.3 Å². The van der Waals surface area contributed by atoms with E-state index in [2.05, 4.69) is 20.7 Å². The highest BCUT2D eigenvalue weighted by Gasteiger charge is 2.27. The Bertz CT molecular complexity index is 1210. The normalized spacial score (nSPS) is 15.1. The van der Waals surface area contributed by atoms with Gasteiger partial charge in [-0.25, -0.2) is 14.5 Å². The molecule has 2 N–H and O–H groups in total. The van der Waals surface area contributed by atoms with Crippen molar-refractivity contribution in [2.24, 2.45) is 0 Å². The maximum atomic E-state index is 12.2. The van der Waals surface area contributed by atoms with E-state index in [0.717, 1.165) is 24.0 Å². The maximum Gasteiger partial charge on any atom is 0.408 e. The lowest BCUT2D eigenvalue weighted by Gasteiger charge is -2.22. The number of ether oxygens (including phenoxy) is 1. The number of hydrogen-bond donors (Lipinski definition) is 2. The number of alkyl carbamates (subject to hydrolysis) is 1. The van der Waals surface area contributed by atoms with Gasteiger partial charge in [0.1, 0.15) is 10.6 Å². The molecule has 0 saturated carbocycles. The minimum absolute atomic E-state index is 0.0133. The highest BCUT2D eigenvalue weighted by atomic mass is 35.5. The second-order valence-electron chi connectivity index (χ2n) is 8.64. The van der Waals surface area contributed by atoms with Gasteiger partial charge >= 0.3 is 11.8 Å². The van der Waals surface area contributed by atoms with Crippen molar-refractivity contribution in [1.82, 2.24) is 20.1 Å². The van der Waals surface area contributed by atoms with Crippen LogP contribution in [-0.4, -0.2) is 31.4 Å². The number of pyridine rings is 1. The Morgan fingerprint density at radius 2 is 2.12 bits per heavy atom. The van der Waals surface area contributed by atoms with Crippen LogP contribution in [0, 0.1) is 10.1 Å². The molecule has 3 aromatic rings. The van der Waals surface area contributed by atoms with Gasteiger partial charge in [0.25, 0.3) is 0 Å². The highest BCUT2D eigenvalue weighted by molar-refractivity contribution is 6.33. The number of halogens is 1. The van der Waals surface area contributed by atoms with E-state index in [0.29, 0.717) is 11.5 Å². The summed E-state index contributed by atoms with van der Waals surface area (Å²) >= 11 is 6.20. The third-order valence-corrected chi connectivity index (χ3v) is 5.32. The van der Waals surface area contributed by atoms with Gasteiger partial charge in [-0.3, -0.25) is 10.1 Å². The zero-order valence-corrected chi connectivity index (χ0v) is 19.1. The Morgan fingerprint density at radius 1 is 1.33 bits per heavy atom. The van der Waals surface area contributed by atoms with Crippen LogP contribution in [0.2, 0.25) is 5.02 Å². The lowest BCUT2D eigenvalue weighted by atomic mass is 10.1. The van der Waals surface area contributed by atoms with Crippen molar-refractivity contribution < 1.29 is 14.5 Å². The fourth-order valence-corrected chi connectivity index (χ4v) is 3.96. The number of nitrogens with zero attached hydrogens (tertiary/aromatic N) is 4. The van der Waals surface area contributed by atoms with Crippen LogP contribution in [0.15, 0.2) is 42.7 Å². The standard InChI is InChI=1S/C22H23ClN6O4/c1-22(2,3)33-21(30)26-17-8-5-13-11-14(6-7-15(13)17)25-20-19(29(31)32)16(23)12-18(27-20)28-10-4-9-24-28/h4,6-7,9-12,17H,5,8H2,1-3H3,(H,25,27)(H,26,30)/t17-/m0/s1. The molecule has 2 aromatic heterocycles. The Hall–Kier alpha value is -3.66. The Balaban J connectivity index is 1.58. The molecule has 0 unspecified atom stereocenters. The molecule has 0 radical (unpaired) electrons. The average Bonchev–Trinajstić information content (AvgIpc) is 3.36. The summed E-state index contributed by atoms with van der Waals surface area (Å²) < 4.78 is 6.82. The number of hydrogen-bond acceptors (Lipinski definition) is 7. The molecule has 172 valence electrons. The van der Waals surface area contributed by atoms with Crippen LogP contribution >= 0.6 is 11.6 Å². The first-order valence-corrected chi connectivity index (χ1v) is 10.7. The molecule has 0 bridgehead atoms. The summed E-state index contributed by atoms with van der Waals surface area (Å²) in [5.74, 6) is 0.361. The van der Waals surface area contributed by atoms with E-state index in [1.165, 1.54) is 10.7 Å². The summed E-state index contributed by atoms with van der Waals surface area (Å²) in [6, 6.07) is 8.52. The van der Waals surface area contributed by atoms with E-state index in [1.54, 1.807) is 24.5 Å². The van der Waals surface area contributed by atoms with Crippen molar-refractivity contribution in [1.29, 1.82) is 0 Å². The number of nitro groups is 1. The van der Waals surface area contributed by atoms with E-state index < -0.39 is 16.6 Å². The summed E-state index contributed by atoms with van der Waals surface area (Å²) in [6.07, 6.45) is 4.26. The first kappa shape index (κ1) is 22.5. The van der Waals surface area contributed by atoms with Gasteiger partial charge in [0.2, 0.25) is 5.82 Å². The molecule has 1 aromatic carbocycles. The fourth-order valence-electron chi connectivity index (χ4n) is 3.71. The number of anilines is 2. The quantitative estimate of drug-likeness (QED) is 0.393. The number of aryl methyl sites for hydroxylation is 1. The lowest BCUT2D eigenvalue weighted by molar-refractivity contribution is -0.384. The van der Waals surface area contributed by atoms with E-state index in [-0.39, 0.29) is 22.6 Å². The minimum Gasteiger partial charge on any atom is -0.444 e. The second kappa shape index (κ2) is 8.70. The molecule has 0 spiro atoms. The molecule has 4 rings (SSSR count). The molecule has 33 heavy (non-hydrogen) atoms. The predicted octanol–water partition coefficient (Wildman–Crippen LogP) is 5.08. The summed E-state index contributed by atoms with van der Waals surface area (Å²) in [4.78, 5) is 27.6. The summed E-state index contributed by atoms with van der Waals surface area (Å²) in [7, 11) is 0. The number of fused-ring (bicyclic) bond motifs is 1. The van der Waals surface area contributed by atoms with Gasteiger partial charge in [0.15, 0.2) is 5.82 Å². The lowest BCUT2D eigenvalue weighted by Crippen LogP contribution is -2.34. The van der Waals surface area contributed by atoms with Crippen LogP contribution in [0.25, 0.3) is 5.82 Å². The van der Waals surface area contributed by atoms with Gasteiger partial charge in [0, 0.05) is 24.1 Å². The second-order valence-corrected chi connectivity index (χ2v) is 9.05. The summed E-state index contributed by atoms with van der Waals surface area (Å²) in [6.45, 7) is 5.44. The number of aromatic nitrogens is 3. The average molecular weight is 471 g/mol. The SMILES string of the molecule is CC(C)(C)OC(=O)N[C@H]1CCc2cc(Nc3nc(-n4cccn4)cc(Cl)c3[N+](=O)[O-])ccc21. The number of carbonyl (C=O) groups excluding carboxylic acids is 1. The van der Waals surface area contributed by atoms with Crippen LogP contribution in [0.3, 0.4) is 0 Å². The monoisotopic (exact) mass is 470 g/mol. The fraction of sp³-hybridized carbons (Fsp3) is 0.318. The largest absolute Gasteiger partial charge is 0.444 e. The zero-order valence-electron chi connectivity index (χ0n) is 18.3. The number of carbonyl (C=O) groups is 1. The van der Waals surface area contributed by atoms with Crippen LogP contribution in [-0.2, 0) is 11.2 Å². The molecule has 2 heterocycles. The molecule has 0 fully saturated rings. The van der Waals surface area contributed by atoms with Crippen molar-refractivity contribution in [3.05, 3.63) is 69.0 Å². The molecule has 1 aliphatic carbocycles. The molecule has 0 saturated heterocycles. The molecule has 0 aliphatic heterocycles. The van der Waals surface area contributed by atoms with Gasteiger partial charge in [-0.2, -0.15) is 5.10 Å². The van der Waals surface area contributed by atoms with Crippen LogP contribution in [0.5, 0.6) is 0 Å². The van der Waals surface area contributed by atoms with E-state index in [9.17, 15) is 14.9 Å². The first-order chi connectivity index (χ1) is 15.6. The van der Waals surface area contributed by atoms with Crippen molar-refractivity contribution in [3.8, 4) is 5.82 Å². The van der Waals surface area contributed by atoms with Gasteiger partial charge in [0.05, 0.1) is 11.0 Å². The van der Waals surface area contributed by atoms with E-state index in [4.69, 9.17) is 16.3 Å². The molecular weight excluding hydrogens is 448 g/mol. The van der Waals surface area contributed by atoms with Gasteiger partial charge in [-0.05, 0) is 62.9 Å². The topological polar surface area (TPSA) is 124 Å². The van der Waals surface area contributed by atoms with Gasteiger partial charge in [-0.15, -0.1) is 0 Å². The maximum absolute atomic E-state index is 12.2. The highest BCUT2D eigenvalue weighted by Crippen LogP contribution is 2.37. The van der Waals surface area contributed by atoms with Crippen LogP contribution in [0.4, 0.5) is 22.0 Å². The summed E-state index contributed by atoms with van der Waals surface area (Å²) in [5.41, 5.74) is 1.73. The molecule has 11 heteroatoms. The van der Waals surface area contributed by atoms with Crippen molar-refractivity contribution in [3.63, 3.8) is 0 Å². The third-order valence-electron chi connectivity index (χ3n) is 5.03. The molecule has 10 nitrogen and oxygen atoms in total. The van der Waals surface area contributed by atoms with Gasteiger partial charge in [-0.1, -0.05) is 17.7 Å². The Labute approximate surface area is 195 Å². The number of benzene rings is 1. The van der Waals surface area contributed by atoms with Crippen molar-refractivity contribution >= 4 is 34.9 Å². The van der Waals surface area contributed by atoms with Crippen LogP contribution in [0.1, 0.15) is 44.4 Å². The zero-order chi connectivity index (χ0) is 23.8. The molecule has 1 atom stereocenters. The van der Waals surface area contributed by atoms with Gasteiger partial charge < -0.3 is 15.4 Å². The Morgan fingerprint density at radius 3 is 2.79 bits per heavy atom. The minimum atomic E-state index is -0.576. The predicted molar refractivity (Wildman–Crippen MR) is 123 cm³/mol. The van der Waals surface area contributed by atoms with E-state index >= 15 is 0 Å². The smallest absolute Gasteiger partial charge is 0.408 e. The summed E-state index contributed by atoms with van der Waals surface area (Å²) in [5, 5.41) is 21.6. The van der Waals surface area contributed by atoms with Crippen LogP contribution < -0.4 is 10.6 Å². The Kier molecular flexibility index (Phi) is 5.94. The third kappa shape index (κ3) is 5.06. The molecule has 1 aliphatic rings. The first-order valence-electron chi connectivity index (χ1n) is 10.3.